The van der Waals surface area contributed by atoms with Gasteiger partial charge in [0.05, 0.1) is 12.3 Å². The number of carbonyl (C=O) groups is 2. The van der Waals surface area contributed by atoms with Crippen LogP contribution in [0, 0.1) is 11.8 Å². The maximum absolute atomic E-state index is 12.7. The summed E-state index contributed by atoms with van der Waals surface area (Å²) in [6.45, 7) is 9.69. The Morgan fingerprint density at radius 3 is 2.44 bits per heavy atom. The number of carbonyl (C=O) groups excluding carboxylic acids is 2. The predicted octanol–water partition coefficient (Wildman–Crippen LogP) is 5.25. The fraction of sp³-hybridized carbons (Fsp3) is 0.519. The van der Waals surface area contributed by atoms with E-state index in [9.17, 15) is 19.8 Å². The highest BCUT2D eigenvalue weighted by atomic mass is 32.2. The van der Waals surface area contributed by atoms with Gasteiger partial charge in [-0.1, -0.05) is 45.9 Å². The van der Waals surface area contributed by atoms with Crippen LogP contribution < -0.4 is 0 Å². The molecular formula is C27H38N2O6S. The van der Waals surface area contributed by atoms with Gasteiger partial charge in [0.2, 0.25) is 5.91 Å². The minimum absolute atomic E-state index is 0.00551. The van der Waals surface area contributed by atoms with E-state index in [0.717, 1.165) is 31.1 Å². The van der Waals surface area contributed by atoms with Gasteiger partial charge in [-0.2, -0.15) is 4.40 Å². The summed E-state index contributed by atoms with van der Waals surface area (Å²) in [5, 5.41) is 20.4. The number of nitrogens with zero attached hydrogens (tertiary/aromatic N) is 2. The van der Waals surface area contributed by atoms with Crippen molar-refractivity contribution in [2.45, 2.75) is 53.4 Å². The van der Waals surface area contributed by atoms with Gasteiger partial charge in [0.1, 0.15) is 35.9 Å². The van der Waals surface area contributed by atoms with Crippen LogP contribution in [0.4, 0.5) is 0 Å². The van der Waals surface area contributed by atoms with Gasteiger partial charge in [-0.05, 0) is 48.8 Å². The summed E-state index contributed by atoms with van der Waals surface area (Å²) in [4.78, 5) is 27.1. The van der Waals surface area contributed by atoms with E-state index in [1.165, 1.54) is 6.07 Å². The van der Waals surface area contributed by atoms with E-state index in [-0.39, 0.29) is 42.6 Å². The number of rotatable bonds is 8. The molecule has 36 heavy (non-hydrogen) atoms. The largest absolute Gasteiger partial charge is 0.508 e. The fourth-order valence-electron chi connectivity index (χ4n) is 3.70. The summed E-state index contributed by atoms with van der Waals surface area (Å²) in [5.74, 6) is -0.584. The molecule has 198 valence electrons. The van der Waals surface area contributed by atoms with Crippen molar-refractivity contribution >= 4 is 29.8 Å². The van der Waals surface area contributed by atoms with E-state index in [4.69, 9.17) is 8.92 Å². The topological polar surface area (TPSA) is 109 Å². The fourth-order valence-corrected chi connectivity index (χ4v) is 4.13. The Morgan fingerprint density at radius 2 is 1.75 bits per heavy atom. The Morgan fingerprint density at radius 1 is 1.08 bits per heavy atom. The minimum Gasteiger partial charge on any atom is -0.508 e. The van der Waals surface area contributed by atoms with Crippen LogP contribution in [0.25, 0.3) is 0 Å². The first-order chi connectivity index (χ1) is 17.2. The van der Waals surface area contributed by atoms with Crippen LogP contribution in [0.2, 0.25) is 0 Å². The number of ether oxygens (including phenoxy) is 1. The van der Waals surface area contributed by atoms with Gasteiger partial charge in [-0.25, -0.2) is 4.79 Å². The molecule has 0 aliphatic carbocycles. The second kappa shape index (κ2) is 15.4. The zero-order valence-corrected chi connectivity index (χ0v) is 22.4. The van der Waals surface area contributed by atoms with E-state index < -0.39 is 5.97 Å². The molecule has 0 atom stereocenters. The van der Waals surface area contributed by atoms with Crippen molar-refractivity contribution in [3.63, 3.8) is 0 Å². The number of aromatic hydroxyl groups is 2. The zero-order chi connectivity index (χ0) is 26.5. The number of hydrogen-bond donors (Lipinski definition) is 2. The first kappa shape index (κ1) is 29.5. The summed E-state index contributed by atoms with van der Waals surface area (Å²) in [6, 6.07) is 2.52. The molecule has 1 aliphatic rings. The molecule has 0 saturated heterocycles. The van der Waals surface area contributed by atoms with Crippen LogP contribution in [0.5, 0.6) is 11.5 Å². The molecule has 0 radical (unpaired) electrons. The molecule has 1 aromatic rings. The predicted molar refractivity (Wildman–Crippen MR) is 143 cm³/mol. The minimum atomic E-state index is -0.666. The van der Waals surface area contributed by atoms with E-state index >= 15 is 0 Å². The Bertz CT molecular complexity index is 961. The summed E-state index contributed by atoms with van der Waals surface area (Å²) in [6.07, 6.45) is 10.1. The number of benzene rings is 1. The van der Waals surface area contributed by atoms with Crippen molar-refractivity contribution in [3.05, 3.63) is 47.6 Å². The number of phenols is 2. The van der Waals surface area contributed by atoms with Gasteiger partial charge in [-0.3, -0.25) is 8.98 Å². The molecule has 9 heteroatoms. The van der Waals surface area contributed by atoms with E-state index in [2.05, 4.69) is 32.1 Å². The first-order valence-corrected chi connectivity index (χ1v) is 13.0. The molecule has 2 N–H and O–H groups in total. The standard InChI is InChI=1S/C27H38N2O6S/c1-19(2)16-29(17-20(3)4)25(32)18-35-36-28-22-11-9-7-5-6-8-10-12-34-27(33)26-21(13-22)14-23(30)15-24(26)31/h6,8-9,11,14-15,19-20,30-31H,5,7,10,12-13,16-18H2,1-4H3/b8-6+,11-9+,28-22?. The molecule has 0 fully saturated rings. The SMILES string of the molecule is CC(C)CN(CC(C)C)C(=O)COSN=C1/C=C/CC/C=C/CCOC(=O)c2c(O)cc(O)cc2C1. The number of cyclic esters (lactones) is 1. The van der Waals surface area contributed by atoms with Gasteiger partial charge in [0.15, 0.2) is 0 Å². The number of phenolic OH excluding ortho intramolecular Hbond substituents is 2. The molecule has 1 aliphatic heterocycles. The first-order valence-electron chi connectivity index (χ1n) is 12.3. The van der Waals surface area contributed by atoms with Crippen molar-refractivity contribution in [1.82, 2.24) is 4.90 Å². The normalized spacial score (nSPS) is 17.9. The summed E-state index contributed by atoms with van der Waals surface area (Å²) in [5.41, 5.74) is 0.924. The summed E-state index contributed by atoms with van der Waals surface area (Å²) in [7, 11) is 0. The maximum atomic E-state index is 12.7. The lowest BCUT2D eigenvalue weighted by Gasteiger charge is -2.26. The lowest BCUT2D eigenvalue weighted by Crippen LogP contribution is -2.38. The highest BCUT2D eigenvalue weighted by Gasteiger charge is 2.21. The van der Waals surface area contributed by atoms with Crippen LogP contribution in [0.1, 0.15) is 62.9 Å². The Hall–Kier alpha value is -2.78. The summed E-state index contributed by atoms with van der Waals surface area (Å²) < 4.78 is 15.2. The monoisotopic (exact) mass is 518 g/mol. The lowest BCUT2D eigenvalue weighted by atomic mass is 10.00. The number of amides is 1. The lowest BCUT2D eigenvalue weighted by molar-refractivity contribution is -0.134. The van der Waals surface area contributed by atoms with Crippen molar-refractivity contribution < 1.29 is 28.7 Å². The molecule has 1 aromatic carbocycles. The molecule has 0 saturated carbocycles. The number of fused-ring (bicyclic) bond motifs is 1. The van der Waals surface area contributed by atoms with Gasteiger partial charge < -0.3 is 19.8 Å². The second-order valence-electron chi connectivity index (χ2n) is 9.56. The average molecular weight is 519 g/mol. The smallest absolute Gasteiger partial charge is 0.342 e. The van der Waals surface area contributed by atoms with E-state index in [1.807, 2.05) is 29.2 Å². The number of esters is 1. The molecule has 2 rings (SSSR count). The Balaban J connectivity index is 2.18. The van der Waals surface area contributed by atoms with Gasteiger partial charge in [0.25, 0.3) is 0 Å². The van der Waals surface area contributed by atoms with Crippen molar-refractivity contribution in [2.75, 3.05) is 26.3 Å². The molecule has 0 spiro atoms. The van der Waals surface area contributed by atoms with Gasteiger partial charge >= 0.3 is 5.97 Å². The molecule has 0 aromatic heterocycles. The second-order valence-corrected chi connectivity index (χ2v) is 10.1. The van der Waals surface area contributed by atoms with Gasteiger partial charge in [0, 0.05) is 25.6 Å². The maximum Gasteiger partial charge on any atom is 0.342 e. The third-order valence-corrected chi connectivity index (χ3v) is 5.70. The Labute approximate surface area is 218 Å². The third kappa shape index (κ3) is 10.5. The highest BCUT2D eigenvalue weighted by molar-refractivity contribution is 7.93. The highest BCUT2D eigenvalue weighted by Crippen LogP contribution is 2.29. The van der Waals surface area contributed by atoms with Crippen LogP contribution >= 0.6 is 12.2 Å². The molecule has 1 heterocycles. The Kier molecular flexibility index (Phi) is 12.6. The molecular weight excluding hydrogens is 480 g/mol. The van der Waals surface area contributed by atoms with Crippen LogP contribution in [-0.2, 0) is 20.1 Å². The summed E-state index contributed by atoms with van der Waals surface area (Å²) >= 11 is 0.806. The molecule has 0 bridgehead atoms. The van der Waals surface area contributed by atoms with Crippen LogP contribution in [0.15, 0.2) is 40.8 Å². The third-order valence-electron chi connectivity index (χ3n) is 5.17. The number of hydrogen-bond acceptors (Lipinski definition) is 8. The molecule has 1 amide bonds. The van der Waals surface area contributed by atoms with E-state index in [0.29, 0.717) is 42.6 Å². The number of allylic oxidation sites excluding steroid dienone is 3. The molecule has 0 unspecified atom stereocenters. The van der Waals surface area contributed by atoms with Crippen LogP contribution in [-0.4, -0.2) is 59.0 Å². The quantitative estimate of drug-likeness (QED) is 0.159. The van der Waals surface area contributed by atoms with E-state index in [1.54, 1.807) is 0 Å². The zero-order valence-electron chi connectivity index (χ0n) is 21.6. The average Bonchev–Trinajstić information content (AvgIpc) is 2.78. The van der Waals surface area contributed by atoms with Crippen molar-refractivity contribution in [3.8, 4) is 11.5 Å². The van der Waals surface area contributed by atoms with Crippen LogP contribution in [0.3, 0.4) is 0 Å². The van der Waals surface area contributed by atoms with Crippen molar-refractivity contribution in [1.29, 1.82) is 0 Å². The molecule has 8 nitrogen and oxygen atoms in total. The van der Waals surface area contributed by atoms with Gasteiger partial charge in [-0.15, -0.1) is 0 Å². The van der Waals surface area contributed by atoms with Crippen molar-refractivity contribution in [2.24, 2.45) is 16.2 Å².